The average Bonchev–Trinajstić information content (AvgIpc) is 2.53. The Bertz CT molecular complexity index is 743. The lowest BCUT2D eigenvalue weighted by Gasteiger charge is -2.43. The van der Waals surface area contributed by atoms with Crippen LogP contribution >= 0.6 is 0 Å². The fraction of sp³-hybridized carbons (Fsp3) is 0.611. The van der Waals surface area contributed by atoms with Crippen LogP contribution in [0.5, 0.6) is 0 Å². The summed E-state index contributed by atoms with van der Waals surface area (Å²) in [6.07, 6.45) is 2.33. The first-order chi connectivity index (χ1) is 11.5. The first kappa shape index (κ1) is 19.9. The maximum Gasteiger partial charge on any atom is 0.335 e. The van der Waals surface area contributed by atoms with E-state index in [0.29, 0.717) is 11.5 Å². The predicted molar refractivity (Wildman–Crippen MR) is 97.4 cm³/mol. The van der Waals surface area contributed by atoms with Gasteiger partial charge in [0.2, 0.25) is 10.0 Å². The first-order valence-corrected chi connectivity index (χ1v) is 10.1. The Hall–Kier alpha value is -1.44. The number of piperidine rings is 1. The standard InChI is InChI=1S/C18H28N2O4S/c1-13-6-5-9-20(11-13)18(3,4)12-19-25(23,24)15-8-7-14(2)16(10-15)17(21)22/h7-8,10,13,19H,5-6,9,11-12H2,1-4H3,(H,21,22). The largest absolute Gasteiger partial charge is 0.478 e. The van der Waals surface area contributed by atoms with E-state index >= 15 is 0 Å². The van der Waals surface area contributed by atoms with Crippen LogP contribution in [0.2, 0.25) is 0 Å². The quantitative estimate of drug-likeness (QED) is 0.805. The van der Waals surface area contributed by atoms with Crippen molar-refractivity contribution in [1.82, 2.24) is 9.62 Å². The monoisotopic (exact) mass is 368 g/mol. The van der Waals surface area contributed by atoms with Gasteiger partial charge in [-0.05, 0) is 63.8 Å². The van der Waals surface area contributed by atoms with E-state index in [1.54, 1.807) is 6.92 Å². The normalized spacial score (nSPS) is 19.8. The van der Waals surface area contributed by atoms with Crippen molar-refractivity contribution in [2.24, 2.45) is 5.92 Å². The number of carboxylic acid groups (broad SMARTS) is 1. The van der Waals surface area contributed by atoms with Gasteiger partial charge in [-0.1, -0.05) is 13.0 Å². The molecule has 0 spiro atoms. The molecule has 2 rings (SSSR count). The molecule has 25 heavy (non-hydrogen) atoms. The number of aromatic carboxylic acids is 1. The zero-order valence-corrected chi connectivity index (χ0v) is 16.2. The number of nitrogens with one attached hydrogen (secondary N) is 1. The summed E-state index contributed by atoms with van der Waals surface area (Å²) < 4.78 is 27.8. The number of rotatable bonds is 6. The zero-order valence-electron chi connectivity index (χ0n) is 15.4. The minimum Gasteiger partial charge on any atom is -0.478 e. The Morgan fingerprint density at radius 1 is 1.40 bits per heavy atom. The Morgan fingerprint density at radius 2 is 2.08 bits per heavy atom. The molecule has 0 saturated carbocycles. The topological polar surface area (TPSA) is 86.7 Å². The van der Waals surface area contributed by atoms with Crippen molar-refractivity contribution in [2.75, 3.05) is 19.6 Å². The van der Waals surface area contributed by atoms with Crippen molar-refractivity contribution in [2.45, 2.75) is 51.0 Å². The van der Waals surface area contributed by atoms with Crippen LogP contribution in [0, 0.1) is 12.8 Å². The second kappa shape index (κ2) is 7.43. The summed E-state index contributed by atoms with van der Waals surface area (Å²) in [7, 11) is -3.76. The summed E-state index contributed by atoms with van der Waals surface area (Å²) in [5.41, 5.74) is 0.239. The smallest absolute Gasteiger partial charge is 0.335 e. The minimum absolute atomic E-state index is 0.00647. The van der Waals surface area contributed by atoms with Gasteiger partial charge in [0.1, 0.15) is 0 Å². The lowest BCUT2D eigenvalue weighted by Crippen LogP contribution is -2.54. The van der Waals surface area contributed by atoms with E-state index in [1.165, 1.54) is 24.6 Å². The van der Waals surface area contributed by atoms with E-state index in [-0.39, 0.29) is 22.5 Å². The van der Waals surface area contributed by atoms with Gasteiger partial charge < -0.3 is 5.11 Å². The number of benzene rings is 1. The summed E-state index contributed by atoms with van der Waals surface area (Å²) in [4.78, 5) is 13.5. The molecule has 140 valence electrons. The van der Waals surface area contributed by atoms with Crippen LogP contribution in [0.4, 0.5) is 0 Å². The molecule has 0 aromatic heterocycles. The van der Waals surface area contributed by atoms with E-state index < -0.39 is 16.0 Å². The number of carbonyl (C=O) groups is 1. The molecule has 1 aromatic carbocycles. The van der Waals surface area contributed by atoms with Gasteiger partial charge in [-0.25, -0.2) is 17.9 Å². The van der Waals surface area contributed by atoms with Crippen LogP contribution in [-0.2, 0) is 10.0 Å². The molecule has 0 aliphatic carbocycles. The third-order valence-electron chi connectivity index (χ3n) is 4.96. The van der Waals surface area contributed by atoms with Crippen molar-refractivity contribution in [3.63, 3.8) is 0 Å². The maximum absolute atomic E-state index is 12.6. The Morgan fingerprint density at radius 3 is 2.68 bits per heavy atom. The van der Waals surface area contributed by atoms with E-state index in [0.717, 1.165) is 19.5 Å². The molecule has 0 bridgehead atoms. The van der Waals surface area contributed by atoms with Crippen molar-refractivity contribution in [3.8, 4) is 0 Å². The van der Waals surface area contributed by atoms with E-state index in [9.17, 15) is 18.3 Å². The second-order valence-electron chi connectivity index (χ2n) is 7.61. The van der Waals surface area contributed by atoms with E-state index in [2.05, 4.69) is 16.5 Å². The molecule has 6 nitrogen and oxygen atoms in total. The molecule has 1 atom stereocenters. The molecule has 1 unspecified atom stereocenters. The first-order valence-electron chi connectivity index (χ1n) is 8.61. The van der Waals surface area contributed by atoms with E-state index in [4.69, 9.17) is 0 Å². The van der Waals surface area contributed by atoms with Crippen molar-refractivity contribution >= 4 is 16.0 Å². The van der Waals surface area contributed by atoms with Gasteiger partial charge in [0.15, 0.2) is 0 Å². The molecule has 7 heteroatoms. The molecular weight excluding hydrogens is 340 g/mol. The predicted octanol–water partition coefficient (Wildman–Crippen LogP) is 2.48. The van der Waals surface area contributed by atoms with Gasteiger partial charge >= 0.3 is 5.97 Å². The molecular formula is C18H28N2O4S. The highest BCUT2D eigenvalue weighted by atomic mass is 32.2. The van der Waals surface area contributed by atoms with Gasteiger partial charge in [0, 0.05) is 18.6 Å². The number of nitrogens with zero attached hydrogens (tertiary/aromatic N) is 1. The van der Waals surface area contributed by atoms with Crippen LogP contribution in [0.15, 0.2) is 23.1 Å². The van der Waals surface area contributed by atoms with Crippen molar-refractivity contribution in [3.05, 3.63) is 29.3 Å². The Balaban J connectivity index is 2.13. The Kier molecular flexibility index (Phi) is 5.91. The van der Waals surface area contributed by atoms with Crippen LogP contribution in [0.25, 0.3) is 0 Å². The molecule has 0 amide bonds. The molecule has 1 heterocycles. The third-order valence-corrected chi connectivity index (χ3v) is 6.36. The number of hydrogen-bond donors (Lipinski definition) is 2. The number of sulfonamides is 1. The van der Waals surface area contributed by atoms with E-state index in [1.807, 2.05) is 13.8 Å². The SMILES string of the molecule is Cc1ccc(S(=O)(=O)NCC(C)(C)N2CCCC(C)C2)cc1C(=O)O. The fourth-order valence-corrected chi connectivity index (χ4v) is 4.43. The molecule has 1 aliphatic heterocycles. The summed E-state index contributed by atoms with van der Waals surface area (Å²) in [6, 6.07) is 4.19. The number of likely N-dealkylation sites (tertiary alicyclic amines) is 1. The highest BCUT2D eigenvalue weighted by Crippen LogP contribution is 2.24. The summed E-state index contributed by atoms with van der Waals surface area (Å²) in [6.45, 7) is 10.1. The van der Waals surface area contributed by atoms with Crippen LogP contribution < -0.4 is 4.72 Å². The van der Waals surface area contributed by atoms with Crippen LogP contribution in [0.1, 0.15) is 49.5 Å². The number of aryl methyl sites for hydroxylation is 1. The van der Waals surface area contributed by atoms with Crippen LogP contribution in [0.3, 0.4) is 0 Å². The summed E-state index contributed by atoms with van der Waals surface area (Å²) >= 11 is 0. The summed E-state index contributed by atoms with van der Waals surface area (Å²) in [5.74, 6) is -0.517. The zero-order chi connectivity index (χ0) is 18.8. The van der Waals surface area contributed by atoms with Gasteiger partial charge in [-0.15, -0.1) is 0 Å². The van der Waals surface area contributed by atoms with Gasteiger partial charge in [-0.2, -0.15) is 0 Å². The highest BCUT2D eigenvalue weighted by Gasteiger charge is 2.31. The highest BCUT2D eigenvalue weighted by molar-refractivity contribution is 7.89. The molecule has 0 radical (unpaired) electrons. The molecule has 1 fully saturated rings. The van der Waals surface area contributed by atoms with Gasteiger partial charge in [0.25, 0.3) is 0 Å². The van der Waals surface area contributed by atoms with Gasteiger partial charge in [-0.3, -0.25) is 4.90 Å². The lowest BCUT2D eigenvalue weighted by molar-refractivity contribution is 0.0695. The Labute approximate surface area is 150 Å². The molecule has 1 aliphatic rings. The number of hydrogen-bond acceptors (Lipinski definition) is 4. The maximum atomic E-state index is 12.6. The minimum atomic E-state index is -3.76. The molecule has 2 N–H and O–H groups in total. The molecule has 1 aromatic rings. The van der Waals surface area contributed by atoms with Crippen molar-refractivity contribution in [1.29, 1.82) is 0 Å². The molecule has 1 saturated heterocycles. The average molecular weight is 368 g/mol. The third kappa shape index (κ3) is 4.80. The second-order valence-corrected chi connectivity index (χ2v) is 9.38. The fourth-order valence-electron chi connectivity index (χ4n) is 3.20. The van der Waals surface area contributed by atoms with Crippen LogP contribution in [-0.4, -0.2) is 49.6 Å². The van der Waals surface area contributed by atoms with Gasteiger partial charge in [0.05, 0.1) is 10.5 Å². The summed E-state index contributed by atoms with van der Waals surface area (Å²) in [5, 5.41) is 9.19. The lowest BCUT2D eigenvalue weighted by atomic mass is 9.94. The van der Waals surface area contributed by atoms with Crippen molar-refractivity contribution < 1.29 is 18.3 Å². The number of carboxylic acids is 1.